The van der Waals surface area contributed by atoms with E-state index in [1.807, 2.05) is 19.1 Å². The van der Waals surface area contributed by atoms with Crippen LogP contribution in [0.5, 0.6) is 0 Å². The van der Waals surface area contributed by atoms with Gasteiger partial charge in [0.2, 0.25) is 0 Å². The van der Waals surface area contributed by atoms with Gasteiger partial charge in [-0.2, -0.15) is 0 Å². The van der Waals surface area contributed by atoms with Gasteiger partial charge in [-0.05, 0) is 17.5 Å². The summed E-state index contributed by atoms with van der Waals surface area (Å²) in [4.78, 5) is 23.1. The van der Waals surface area contributed by atoms with Gasteiger partial charge in [0, 0.05) is 5.56 Å². The van der Waals surface area contributed by atoms with E-state index >= 15 is 0 Å². The minimum absolute atomic E-state index is 0.0315. The molecule has 0 aliphatic carbocycles. The molecule has 0 aliphatic heterocycles. The average Bonchev–Trinajstić information content (AvgIpc) is 2.36. The number of benzene rings is 1. The van der Waals surface area contributed by atoms with Crippen molar-refractivity contribution >= 4 is 11.8 Å². The van der Waals surface area contributed by atoms with Crippen LogP contribution >= 0.6 is 0 Å². The molecule has 1 aromatic rings. The summed E-state index contributed by atoms with van der Waals surface area (Å²) < 4.78 is 0. The first kappa shape index (κ1) is 16.4. The van der Waals surface area contributed by atoms with Crippen molar-refractivity contribution in [2.45, 2.75) is 45.6 Å². The first-order valence-corrected chi connectivity index (χ1v) is 6.85. The maximum atomic E-state index is 12.3. The Kier molecular flexibility index (Phi) is 5.45. The Hall–Kier alpha value is -1.68. The molecular formula is C16H23NO3. The fourth-order valence-corrected chi connectivity index (χ4v) is 2.01. The predicted octanol–water partition coefficient (Wildman–Crippen LogP) is 2.62. The smallest absolute Gasteiger partial charge is 0.305 e. The monoisotopic (exact) mass is 277 g/mol. The molecule has 20 heavy (non-hydrogen) atoms. The molecule has 0 bridgehead atoms. The second kappa shape index (κ2) is 6.66. The molecule has 0 amide bonds. The number of aliphatic carboxylic acids is 1. The highest BCUT2D eigenvalue weighted by Gasteiger charge is 2.22. The van der Waals surface area contributed by atoms with E-state index in [9.17, 15) is 9.59 Å². The summed E-state index contributed by atoms with van der Waals surface area (Å²) >= 11 is 0. The highest BCUT2D eigenvalue weighted by atomic mass is 16.4. The van der Waals surface area contributed by atoms with Crippen molar-refractivity contribution in [3.63, 3.8) is 0 Å². The lowest BCUT2D eigenvalue weighted by Crippen LogP contribution is -2.38. The van der Waals surface area contributed by atoms with E-state index in [2.05, 4.69) is 26.1 Å². The lowest BCUT2D eigenvalue weighted by Gasteiger charge is -2.20. The van der Waals surface area contributed by atoms with Gasteiger partial charge in [-0.3, -0.25) is 9.59 Å². The maximum absolute atomic E-state index is 12.3. The van der Waals surface area contributed by atoms with E-state index in [1.165, 1.54) is 0 Å². The van der Waals surface area contributed by atoms with Gasteiger partial charge in [-0.1, -0.05) is 52.0 Å². The van der Waals surface area contributed by atoms with Gasteiger partial charge in [-0.25, -0.2) is 0 Å². The van der Waals surface area contributed by atoms with Crippen LogP contribution in [0.3, 0.4) is 0 Å². The normalized spacial score (nSPS) is 13.0. The highest BCUT2D eigenvalue weighted by molar-refractivity contribution is 6.01. The number of carboxylic acids is 1. The van der Waals surface area contributed by atoms with Crippen molar-refractivity contribution in [1.29, 1.82) is 0 Å². The second-order valence-corrected chi connectivity index (χ2v) is 5.90. The number of carbonyl (C=O) groups excluding carboxylic acids is 1. The number of carboxylic acid groups (broad SMARTS) is 1. The Balaban J connectivity index is 2.92. The summed E-state index contributed by atoms with van der Waals surface area (Å²) in [5.74, 6) is -1.15. The Labute approximate surface area is 120 Å². The number of Topliss-reactive ketones (excluding diaryl/α,β-unsaturated/α-hetero) is 1. The minimum atomic E-state index is -0.976. The molecule has 0 aliphatic rings. The van der Waals surface area contributed by atoms with Crippen LogP contribution < -0.4 is 5.32 Å². The lowest BCUT2D eigenvalue weighted by atomic mass is 9.86. The molecule has 0 fully saturated rings. The zero-order chi connectivity index (χ0) is 15.3. The van der Waals surface area contributed by atoms with E-state index in [0.29, 0.717) is 12.1 Å². The first-order chi connectivity index (χ1) is 9.25. The third kappa shape index (κ3) is 4.46. The van der Waals surface area contributed by atoms with Gasteiger partial charge < -0.3 is 10.4 Å². The van der Waals surface area contributed by atoms with Crippen molar-refractivity contribution in [1.82, 2.24) is 5.32 Å². The third-order valence-corrected chi connectivity index (χ3v) is 3.18. The van der Waals surface area contributed by atoms with Crippen molar-refractivity contribution < 1.29 is 14.7 Å². The van der Waals surface area contributed by atoms with Crippen LogP contribution in [0.25, 0.3) is 0 Å². The minimum Gasteiger partial charge on any atom is -0.481 e. The molecule has 0 spiro atoms. The van der Waals surface area contributed by atoms with Crippen LogP contribution in [-0.2, 0) is 10.2 Å². The number of rotatable bonds is 6. The summed E-state index contributed by atoms with van der Waals surface area (Å²) in [5.41, 5.74) is 1.72. The Morgan fingerprint density at radius 2 is 1.75 bits per heavy atom. The molecule has 0 radical (unpaired) electrons. The van der Waals surface area contributed by atoms with Gasteiger partial charge >= 0.3 is 5.97 Å². The summed E-state index contributed by atoms with van der Waals surface area (Å²) in [6, 6.07) is 6.73. The van der Waals surface area contributed by atoms with Crippen LogP contribution in [0.4, 0.5) is 0 Å². The molecular weight excluding hydrogens is 254 g/mol. The Morgan fingerprint density at radius 3 is 2.15 bits per heavy atom. The summed E-state index contributed by atoms with van der Waals surface area (Å²) in [6.07, 6.45) is -0.201. The summed E-state index contributed by atoms with van der Waals surface area (Å²) in [6.45, 7) is 8.73. The molecule has 0 saturated heterocycles. The van der Waals surface area contributed by atoms with Crippen LogP contribution in [0.2, 0.25) is 0 Å². The molecule has 1 atom stereocenters. The second-order valence-electron chi connectivity index (χ2n) is 5.90. The molecule has 4 nitrogen and oxygen atoms in total. The molecule has 110 valence electrons. The largest absolute Gasteiger partial charge is 0.481 e. The van der Waals surface area contributed by atoms with Crippen molar-refractivity contribution in [3.8, 4) is 0 Å². The Bertz CT molecular complexity index is 471. The number of carbonyl (C=O) groups is 2. The number of hydrogen-bond donors (Lipinski definition) is 2. The standard InChI is InChI=1S/C16H23NO3/c1-5-17-13(10-14(18)19)15(20)11-6-8-12(9-7-11)16(2,3)4/h6-9,13,17H,5,10H2,1-4H3,(H,18,19). The Morgan fingerprint density at radius 1 is 1.20 bits per heavy atom. The van der Waals surface area contributed by atoms with Gasteiger partial charge in [0.05, 0.1) is 12.5 Å². The van der Waals surface area contributed by atoms with Gasteiger partial charge in [0.1, 0.15) is 0 Å². The van der Waals surface area contributed by atoms with Gasteiger partial charge in [0.25, 0.3) is 0 Å². The zero-order valence-electron chi connectivity index (χ0n) is 12.6. The van der Waals surface area contributed by atoms with Crippen LogP contribution in [0.15, 0.2) is 24.3 Å². The fourth-order valence-electron chi connectivity index (χ4n) is 2.01. The van der Waals surface area contributed by atoms with Gasteiger partial charge in [0.15, 0.2) is 5.78 Å². The zero-order valence-corrected chi connectivity index (χ0v) is 12.6. The number of ketones is 1. The van der Waals surface area contributed by atoms with Crippen molar-refractivity contribution in [2.75, 3.05) is 6.54 Å². The van der Waals surface area contributed by atoms with Crippen molar-refractivity contribution in [2.24, 2.45) is 0 Å². The molecule has 1 unspecified atom stereocenters. The van der Waals surface area contributed by atoms with Crippen LogP contribution in [0, 0.1) is 0 Å². The predicted molar refractivity (Wildman–Crippen MR) is 79.2 cm³/mol. The molecule has 0 heterocycles. The topological polar surface area (TPSA) is 66.4 Å². The average molecular weight is 277 g/mol. The molecule has 1 rings (SSSR count). The van der Waals surface area contributed by atoms with E-state index in [-0.39, 0.29) is 17.6 Å². The third-order valence-electron chi connectivity index (χ3n) is 3.18. The quantitative estimate of drug-likeness (QED) is 0.784. The van der Waals surface area contributed by atoms with E-state index < -0.39 is 12.0 Å². The number of hydrogen-bond acceptors (Lipinski definition) is 3. The fraction of sp³-hybridized carbons (Fsp3) is 0.500. The highest BCUT2D eigenvalue weighted by Crippen LogP contribution is 2.22. The molecule has 0 aromatic heterocycles. The summed E-state index contributed by atoms with van der Waals surface area (Å²) in [7, 11) is 0. The summed E-state index contributed by atoms with van der Waals surface area (Å²) in [5, 5.41) is 11.8. The van der Waals surface area contributed by atoms with E-state index in [0.717, 1.165) is 5.56 Å². The molecule has 1 aromatic carbocycles. The van der Waals surface area contributed by atoms with Crippen LogP contribution in [-0.4, -0.2) is 29.4 Å². The van der Waals surface area contributed by atoms with E-state index in [1.54, 1.807) is 12.1 Å². The van der Waals surface area contributed by atoms with Gasteiger partial charge in [-0.15, -0.1) is 0 Å². The maximum Gasteiger partial charge on any atom is 0.305 e. The molecule has 0 saturated carbocycles. The van der Waals surface area contributed by atoms with Crippen LogP contribution in [0.1, 0.15) is 50.0 Å². The SMILES string of the molecule is CCNC(CC(=O)O)C(=O)c1ccc(C(C)(C)C)cc1. The van der Waals surface area contributed by atoms with Crippen molar-refractivity contribution in [3.05, 3.63) is 35.4 Å². The number of likely N-dealkylation sites (N-methyl/N-ethyl adjacent to an activating group) is 1. The van der Waals surface area contributed by atoms with E-state index in [4.69, 9.17) is 5.11 Å². The lowest BCUT2D eigenvalue weighted by molar-refractivity contribution is -0.137. The molecule has 2 N–H and O–H groups in total. The molecule has 4 heteroatoms. The first-order valence-electron chi connectivity index (χ1n) is 6.85. The number of nitrogens with one attached hydrogen (secondary N) is 1.